The van der Waals surface area contributed by atoms with Gasteiger partial charge in [0.2, 0.25) is 0 Å². The lowest BCUT2D eigenvalue weighted by Gasteiger charge is -2.29. The zero-order valence-corrected chi connectivity index (χ0v) is 14.7. The van der Waals surface area contributed by atoms with Crippen LogP contribution < -0.4 is 11.1 Å². The third kappa shape index (κ3) is 4.00. The van der Waals surface area contributed by atoms with Gasteiger partial charge in [-0.15, -0.1) is 12.4 Å². The van der Waals surface area contributed by atoms with E-state index in [-0.39, 0.29) is 23.2 Å². The molecule has 1 unspecified atom stereocenters. The maximum Gasteiger partial charge on any atom is 0.251 e. The fourth-order valence-electron chi connectivity index (χ4n) is 2.51. The van der Waals surface area contributed by atoms with Gasteiger partial charge in [0.15, 0.2) is 9.84 Å². The van der Waals surface area contributed by atoms with Gasteiger partial charge in [0.05, 0.1) is 10.4 Å². The Bertz CT molecular complexity index is 671. The summed E-state index contributed by atoms with van der Waals surface area (Å²) in [5, 5.41) is 2.96. The van der Waals surface area contributed by atoms with E-state index in [1.807, 2.05) is 6.92 Å². The normalized spacial score (nSPS) is 17.3. The van der Waals surface area contributed by atoms with Crippen LogP contribution in [-0.2, 0) is 9.84 Å². The maximum atomic E-state index is 12.4. The molecule has 7 heteroatoms. The summed E-state index contributed by atoms with van der Waals surface area (Å²) >= 11 is 0. The summed E-state index contributed by atoms with van der Waals surface area (Å²) in [5.41, 5.74) is 6.35. The molecule has 0 bridgehead atoms. The van der Waals surface area contributed by atoms with Gasteiger partial charge in [0.25, 0.3) is 5.91 Å². The number of aryl methyl sites for hydroxylation is 1. The Balaban J connectivity index is 0.00000242. The highest BCUT2D eigenvalue weighted by Gasteiger charge is 2.41. The zero-order valence-electron chi connectivity index (χ0n) is 13.0. The van der Waals surface area contributed by atoms with Crippen LogP contribution in [0.1, 0.15) is 35.7 Å². The molecule has 124 valence electrons. The van der Waals surface area contributed by atoms with Crippen molar-refractivity contribution in [2.75, 3.05) is 12.8 Å². The van der Waals surface area contributed by atoms with Crippen LogP contribution in [0.3, 0.4) is 0 Å². The molecular formula is C15H23ClN2O3S. The van der Waals surface area contributed by atoms with Gasteiger partial charge in [-0.1, -0.05) is 6.07 Å². The second kappa shape index (κ2) is 6.56. The molecule has 0 heterocycles. The van der Waals surface area contributed by atoms with Crippen LogP contribution in [-0.4, -0.2) is 32.7 Å². The van der Waals surface area contributed by atoms with E-state index in [2.05, 4.69) is 5.32 Å². The van der Waals surface area contributed by atoms with E-state index >= 15 is 0 Å². The SMILES string of the molecule is Cc1ccc(C(=O)NC(C)(CN)C2CC2)cc1S(C)(=O)=O.Cl. The Morgan fingerprint density at radius 3 is 2.45 bits per heavy atom. The summed E-state index contributed by atoms with van der Waals surface area (Å²) in [5.74, 6) is 0.131. The first-order chi connectivity index (χ1) is 9.67. The maximum absolute atomic E-state index is 12.4. The van der Waals surface area contributed by atoms with Crippen molar-refractivity contribution >= 4 is 28.2 Å². The summed E-state index contributed by atoms with van der Waals surface area (Å²) in [6.45, 7) is 4.02. The van der Waals surface area contributed by atoms with E-state index in [9.17, 15) is 13.2 Å². The van der Waals surface area contributed by atoms with Crippen LogP contribution in [0.25, 0.3) is 0 Å². The van der Waals surface area contributed by atoms with Crippen molar-refractivity contribution in [2.24, 2.45) is 11.7 Å². The molecule has 5 nitrogen and oxygen atoms in total. The van der Waals surface area contributed by atoms with Crippen molar-refractivity contribution in [1.82, 2.24) is 5.32 Å². The number of carbonyl (C=O) groups excluding carboxylic acids is 1. The molecule has 2 rings (SSSR count). The largest absolute Gasteiger partial charge is 0.345 e. The molecule has 0 aliphatic heterocycles. The van der Waals surface area contributed by atoms with Crippen LogP contribution in [0.15, 0.2) is 23.1 Å². The Hall–Kier alpha value is -1.11. The Kier molecular flexibility index (Phi) is 5.65. The summed E-state index contributed by atoms with van der Waals surface area (Å²) in [6.07, 6.45) is 3.28. The topological polar surface area (TPSA) is 89.3 Å². The molecule has 1 fully saturated rings. The standard InChI is InChI=1S/C15H22N2O3S.ClH/c1-10-4-5-11(8-13(10)21(3,19)20)14(18)17-15(2,9-16)12-6-7-12;/h4-5,8,12H,6-7,9,16H2,1-3H3,(H,17,18);1H. The average molecular weight is 347 g/mol. The zero-order chi connectivity index (χ0) is 15.8. The number of halogens is 1. The molecule has 0 saturated heterocycles. The first kappa shape index (κ1) is 18.9. The predicted molar refractivity (Wildman–Crippen MR) is 89.2 cm³/mol. The van der Waals surface area contributed by atoms with Gasteiger partial charge in [-0.25, -0.2) is 8.42 Å². The van der Waals surface area contributed by atoms with Crippen molar-refractivity contribution in [3.63, 3.8) is 0 Å². The van der Waals surface area contributed by atoms with Gasteiger partial charge in [-0.05, 0) is 50.3 Å². The summed E-state index contributed by atoms with van der Waals surface area (Å²) < 4.78 is 23.5. The van der Waals surface area contributed by atoms with E-state index in [1.54, 1.807) is 19.1 Å². The van der Waals surface area contributed by atoms with Crippen LogP contribution in [0.2, 0.25) is 0 Å². The lowest BCUT2D eigenvalue weighted by Crippen LogP contribution is -2.53. The van der Waals surface area contributed by atoms with Crippen molar-refractivity contribution in [3.05, 3.63) is 29.3 Å². The minimum atomic E-state index is -3.35. The number of hydrogen-bond donors (Lipinski definition) is 2. The van der Waals surface area contributed by atoms with E-state index in [4.69, 9.17) is 5.73 Å². The van der Waals surface area contributed by atoms with E-state index < -0.39 is 15.4 Å². The molecule has 22 heavy (non-hydrogen) atoms. The highest BCUT2D eigenvalue weighted by molar-refractivity contribution is 7.90. The number of nitrogens with one attached hydrogen (secondary N) is 1. The molecule has 0 aromatic heterocycles. The molecule has 1 saturated carbocycles. The molecule has 1 aliphatic carbocycles. The summed E-state index contributed by atoms with van der Waals surface area (Å²) in [7, 11) is -3.35. The van der Waals surface area contributed by atoms with Gasteiger partial charge in [0.1, 0.15) is 0 Å². The van der Waals surface area contributed by atoms with Gasteiger partial charge in [-0.2, -0.15) is 0 Å². The molecule has 1 aliphatic rings. The second-order valence-corrected chi connectivity index (χ2v) is 8.09. The lowest BCUT2D eigenvalue weighted by molar-refractivity contribution is 0.0897. The number of carbonyl (C=O) groups is 1. The second-order valence-electron chi connectivity index (χ2n) is 6.10. The van der Waals surface area contributed by atoms with Crippen LogP contribution >= 0.6 is 12.4 Å². The van der Waals surface area contributed by atoms with Crippen molar-refractivity contribution in [2.45, 2.75) is 37.1 Å². The van der Waals surface area contributed by atoms with E-state index in [0.717, 1.165) is 19.1 Å². The first-order valence-corrected chi connectivity index (χ1v) is 8.90. The number of amides is 1. The number of nitrogens with two attached hydrogens (primary N) is 1. The van der Waals surface area contributed by atoms with Crippen molar-refractivity contribution in [1.29, 1.82) is 0 Å². The molecule has 1 amide bonds. The van der Waals surface area contributed by atoms with Crippen LogP contribution in [0, 0.1) is 12.8 Å². The smallest absolute Gasteiger partial charge is 0.251 e. The van der Waals surface area contributed by atoms with Crippen molar-refractivity contribution in [3.8, 4) is 0 Å². The Morgan fingerprint density at radius 1 is 1.41 bits per heavy atom. The minimum Gasteiger partial charge on any atom is -0.345 e. The van der Waals surface area contributed by atoms with Gasteiger partial charge < -0.3 is 11.1 Å². The number of hydrogen-bond acceptors (Lipinski definition) is 4. The Morgan fingerprint density at radius 2 is 2.00 bits per heavy atom. The molecule has 3 N–H and O–H groups in total. The van der Waals surface area contributed by atoms with Gasteiger partial charge >= 0.3 is 0 Å². The first-order valence-electron chi connectivity index (χ1n) is 7.00. The van der Waals surface area contributed by atoms with E-state index in [1.165, 1.54) is 6.07 Å². The predicted octanol–water partition coefficient (Wildman–Crippen LogP) is 1.68. The molecule has 0 radical (unpaired) electrons. The summed E-state index contributed by atoms with van der Waals surface area (Å²) in [4.78, 5) is 12.6. The number of sulfone groups is 1. The molecule has 1 aromatic carbocycles. The van der Waals surface area contributed by atoms with E-state index in [0.29, 0.717) is 23.6 Å². The lowest BCUT2D eigenvalue weighted by atomic mass is 9.95. The third-order valence-electron chi connectivity index (χ3n) is 4.15. The highest BCUT2D eigenvalue weighted by atomic mass is 35.5. The minimum absolute atomic E-state index is 0. The van der Waals surface area contributed by atoms with Gasteiger partial charge in [0, 0.05) is 18.4 Å². The fraction of sp³-hybridized carbons (Fsp3) is 0.533. The highest BCUT2D eigenvalue weighted by Crippen LogP contribution is 2.39. The molecule has 1 atom stereocenters. The quantitative estimate of drug-likeness (QED) is 0.848. The average Bonchev–Trinajstić information content (AvgIpc) is 3.22. The molecular weight excluding hydrogens is 324 g/mol. The number of benzene rings is 1. The molecule has 0 spiro atoms. The van der Waals surface area contributed by atoms with Crippen LogP contribution in [0.4, 0.5) is 0 Å². The Labute approximate surface area is 138 Å². The number of rotatable bonds is 5. The molecule has 1 aromatic rings. The fourth-order valence-corrected chi connectivity index (χ4v) is 3.51. The monoisotopic (exact) mass is 346 g/mol. The van der Waals surface area contributed by atoms with Crippen molar-refractivity contribution < 1.29 is 13.2 Å². The third-order valence-corrected chi connectivity index (χ3v) is 5.39. The summed E-state index contributed by atoms with van der Waals surface area (Å²) in [6, 6.07) is 4.73. The van der Waals surface area contributed by atoms with Gasteiger partial charge in [-0.3, -0.25) is 4.79 Å². The van der Waals surface area contributed by atoms with Crippen LogP contribution in [0.5, 0.6) is 0 Å².